The van der Waals surface area contributed by atoms with Gasteiger partial charge in [0.15, 0.2) is 5.96 Å². The number of hydrogen-bond acceptors (Lipinski definition) is 4. The average molecular weight is 450 g/mol. The van der Waals surface area contributed by atoms with Crippen LogP contribution in [0.25, 0.3) is 0 Å². The summed E-state index contributed by atoms with van der Waals surface area (Å²) in [6.45, 7) is 4.80. The molecule has 1 aromatic carbocycles. The molecule has 0 radical (unpaired) electrons. The third-order valence-corrected chi connectivity index (χ3v) is 7.27. The number of aliphatic imine (C=N–C) groups is 1. The van der Waals surface area contributed by atoms with E-state index in [0.717, 1.165) is 30.6 Å². The van der Waals surface area contributed by atoms with Crippen molar-refractivity contribution in [2.24, 2.45) is 28.7 Å². The summed E-state index contributed by atoms with van der Waals surface area (Å²) in [7, 11) is 0. The van der Waals surface area contributed by atoms with Crippen LogP contribution in [0, 0.1) is 23.7 Å². The molecule has 1 saturated carbocycles. The van der Waals surface area contributed by atoms with Crippen LogP contribution in [-0.2, 0) is 20.9 Å². The van der Waals surface area contributed by atoms with Crippen molar-refractivity contribution in [1.82, 2.24) is 15.5 Å². The van der Waals surface area contributed by atoms with Crippen LogP contribution in [0.15, 0.2) is 41.4 Å². The van der Waals surface area contributed by atoms with Crippen molar-refractivity contribution in [3.63, 3.8) is 0 Å². The fourth-order valence-corrected chi connectivity index (χ4v) is 5.69. The van der Waals surface area contributed by atoms with Crippen LogP contribution < -0.4 is 15.5 Å². The molecule has 4 atom stereocenters. The number of rotatable bonds is 7. The van der Waals surface area contributed by atoms with Crippen LogP contribution in [0.3, 0.4) is 0 Å². The number of nitrogens with one attached hydrogen (secondary N) is 2. The quantitative estimate of drug-likeness (QED) is 0.286. The first kappa shape index (κ1) is 21.7. The minimum Gasteiger partial charge on any atom is -0.357 e. The number of amides is 3. The zero-order valence-electron chi connectivity index (χ0n) is 19.0. The standard InChI is InChI=1S/C25H31N5O3/c1-2-26-25(28-15-16-5-9-19(10-6-16)29-12-3-4-20(29)31)27-11-13-30-23(32)21-17-7-8-18(14-17)22(21)24(30)33/h5-10,17-18,21-22H,2-4,11-15H2,1H3,(H2,26,27,28). The van der Waals surface area contributed by atoms with Crippen molar-refractivity contribution in [1.29, 1.82) is 0 Å². The Balaban J connectivity index is 1.15. The summed E-state index contributed by atoms with van der Waals surface area (Å²) < 4.78 is 0. The summed E-state index contributed by atoms with van der Waals surface area (Å²) >= 11 is 0. The number of carbonyl (C=O) groups excluding carboxylic acids is 3. The summed E-state index contributed by atoms with van der Waals surface area (Å²) in [6, 6.07) is 7.93. The molecule has 5 rings (SSSR count). The lowest BCUT2D eigenvalue weighted by molar-refractivity contribution is -0.140. The molecule has 2 saturated heterocycles. The van der Waals surface area contributed by atoms with Crippen LogP contribution in [0.5, 0.6) is 0 Å². The van der Waals surface area contributed by atoms with Crippen molar-refractivity contribution in [2.45, 2.75) is 32.7 Å². The zero-order chi connectivity index (χ0) is 22.9. The Morgan fingerprint density at radius 3 is 2.33 bits per heavy atom. The van der Waals surface area contributed by atoms with Gasteiger partial charge in [0.1, 0.15) is 0 Å². The van der Waals surface area contributed by atoms with Gasteiger partial charge in [0.05, 0.1) is 18.4 Å². The molecule has 33 heavy (non-hydrogen) atoms. The van der Waals surface area contributed by atoms with Crippen LogP contribution in [0.2, 0.25) is 0 Å². The minimum atomic E-state index is -0.145. The van der Waals surface area contributed by atoms with Gasteiger partial charge in [0, 0.05) is 38.3 Å². The summed E-state index contributed by atoms with van der Waals surface area (Å²) in [4.78, 5) is 45.4. The van der Waals surface area contributed by atoms with Gasteiger partial charge >= 0.3 is 0 Å². The van der Waals surface area contributed by atoms with Gasteiger partial charge in [0.25, 0.3) is 0 Å². The maximum atomic E-state index is 12.8. The summed E-state index contributed by atoms with van der Waals surface area (Å²) in [5, 5.41) is 6.46. The van der Waals surface area contributed by atoms with Crippen molar-refractivity contribution >= 4 is 29.4 Å². The van der Waals surface area contributed by atoms with Crippen LogP contribution in [-0.4, -0.2) is 54.8 Å². The number of hydrogen-bond donors (Lipinski definition) is 2. The van der Waals surface area contributed by atoms with Gasteiger partial charge in [-0.15, -0.1) is 0 Å². The molecule has 2 bridgehead atoms. The highest BCUT2D eigenvalue weighted by molar-refractivity contribution is 6.06. The van der Waals surface area contributed by atoms with E-state index in [1.807, 2.05) is 36.1 Å². The third kappa shape index (κ3) is 4.03. The molecule has 2 N–H and O–H groups in total. The minimum absolute atomic E-state index is 0.0119. The molecule has 4 unspecified atom stereocenters. The number of allylic oxidation sites excluding steroid dienone is 2. The second-order valence-corrected chi connectivity index (χ2v) is 9.27. The Bertz CT molecular complexity index is 972. The maximum absolute atomic E-state index is 12.8. The van der Waals surface area contributed by atoms with Crippen molar-refractivity contribution in [3.8, 4) is 0 Å². The van der Waals surface area contributed by atoms with E-state index in [-0.39, 0.29) is 41.4 Å². The number of carbonyl (C=O) groups is 3. The highest BCUT2D eigenvalue weighted by atomic mass is 16.2. The van der Waals surface area contributed by atoms with Gasteiger partial charge in [-0.25, -0.2) is 4.99 Å². The number of guanidine groups is 1. The predicted molar refractivity (Wildman–Crippen MR) is 125 cm³/mol. The molecule has 0 spiro atoms. The van der Waals surface area contributed by atoms with E-state index in [0.29, 0.717) is 38.6 Å². The number of anilines is 1. The van der Waals surface area contributed by atoms with Crippen LogP contribution >= 0.6 is 0 Å². The summed E-state index contributed by atoms with van der Waals surface area (Å²) in [5.41, 5.74) is 1.98. The first-order valence-corrected chi connectivity index (χ1v) is 12.0. The fourth-order valence-electron chi connectivity index (χ4n) is 5.69. The second-order valence-electron chi connectivity index (χ2n) is 9.27. The molecular formula is C25H31N5O3. The van der Waals surface area contributed by atoms with E-state index in [1.54, 1.807) is 0 Å². The molecule has 2 heterocycles. The second kappa shape index (κ2) is 9.00. The third-order valence-electron chi connectivity index (χ3n) is 7.27. The molecule has 0 aromatic heterocycles. The smallest absolute Gasteiger partial charge is 0.233 e. The molecule has 3 amide bonds. The molecule has 1 aromatic rings. The molecular weight excluding hydrogens is 418 g/mol. The molecule has 8 nitrogen and oxygen atoms in total. The van der Waals surface area contributed by atoms with Crippen molar-refractivity contribution < 1.29 is 14.4 Å². The van der Waals surface area contributed by atoms with E-state index >= 15 is 0 Å². The Hall–Kier alpha value is -3.16. The molecule has 174 valence electrons. The zero-order valence-corrected chi connectivity index (χ0v) is 19.0. The van der Waals surface area contributed by atoms with Crippen molar-refractivity contribution in [3.05, 3.63) is 42.0 Å². The van der Waals surface area contributed by atoms with Gasteiger partial charge in [-0.1, -0.05) is 24.3 Å². The fraction of sp³-hybridized carbons (Fsp3) is 0.520. The molecule has 2 aliphatic carbocycles. The molecule has 8 heteroatoms. The summed E-state index contributed by atoms with van der Waals surface area (Å²) in [5.74, 6) is 0.997. The lowest BCUT2D eigenvalue weighted by Gasteiger charge is -2.18. The lowest BCUT2D eigenvalue weighted by atomic mass is 9.85. The molecule has 3 fully saturated rings. The van der Waals surface area contributed by atoms with E-state index in [4.69, 9.17) is 0 Å². The maximum Gasteiger partial charge on any atom is 0.233 e. The predicted octanol–water partition coefficient (Wildman–Crippen LogP) is 1.68. The van der Waals surface area contributed by atoms with Crippen molar-refractivity contribution in [2.75, 3.05) is 31.1 Å². The van der Waals surface area contributed by atoms with Gasteiger partial charge in [-0.05, 0) is 49.3 Å². The summed E-state index contributed by atoms with van der Waals surface area (Å²) in [6.07, 6.45) is 6.72. The highest BCUT2D eigenvalue weighted by Gasteiger charge is 2.58. The number of likely N-dealkylation sites (tertiary alicyclic amines) is 1. The Kier molecular flexibility index (Phi) is 5.91. The number of benzene rings is 1. The van der Waals surface area contributed by atoms with E-state index in [2.05, 4.69) is 27.8 Å². The van der Waals surface area contributed by atoms with E-state index in [1.165, 1.54) is 4.90 Å². The number of fused-ring (bicyclic) bond motifs is 5. The van der Waals surface area contributed by atoms with Crippen LogP contribution in [0.1, 0.15) is 31.7 Å². The number of imide groups is 1. The SMILES string of the molecule is CCNC(=NCc1ccc(N2CCCC2=O)cc1)NCCN1C(=O)C2C3C=CC(C3)C2C1=O. The van der Waals surface area contributed by atoms with Gasteiger partial charge in [0.2, 0.25) is 17.7 Å². The molecule has 2 aliphatic heterocycles. The Morgan fingerprint density at radius 1 is 1.03 bits per heavy atom. The normalized spacial score (nSPS) is 28.3. The molecule has 4 aliphatic rings. The first-order chi connectivity index (χ1) is 16.1. The number of nitrogens with zero attached hydrogens (tertiary/aromatic N) is 3. The topological polar surface area (TPSA) is 94.1 Å². The van der Waals surface area contributed by atoms with Crippen LogP contribution in [0.4, 0.5) is 5.69 Å². The lowest BCUT2D eigenvalue weighted by Crippen LogP contribution is -2.43. The van der Waals surface area contributed by atoms with Gasteiger partial charge < -0.3 is 15.5 Å². The average Bonchev–Trinajstić information content (AvgIpc) is 3.59. The van der Waals surface area contributed by atoms with E-state index < -0.39 is 0 Å². The largest absolute Gasteiger partial charge is 0.357 e. The first-order valence-electron chi connectivity index (χ1n) is 12.0. The van der Waals surface area contributed by atoms with E-state index in [9.17, 15) is 14.4 Å². The monoisotopic (exact) mass is 449 g/mol. The Morgan fingerprint density at radius 2 is 1.73 bits per heavy atom. The Labute approximate surface area is 194 Å². The highest BCUT2D eigenvalue weighted by Crippen LogP contribution is 2.52. The van der Waals surface area contributed by atoms with Gasteiger partial charge in [-0.2, -0.15) is 0 Å². The van der Waals surface area contributed by atoms with Gasteiger partial charge in [-0.3, -0.25) is 19.3 Å².